The van der Waals surface area contributed by atoms with Crippen molar-refractivity contribution in [1.29, 1.82) is 0 Å². The molecule has 0 saturated carbocycles. The Morgan fingerprint density at radius 1 is 1.12 bits per heavy atom. The van der Waals surface area contributed by atoms with Crippen LogP contribution in [0.2, 0.25) is 0 Å². The molecule has 1 aliphatic heterocycles. The molecular formula is C22H26N2O2. The number of nitrogens with zero attached hydrogens (tertiary/aromatic N) is 1. The Morgan fingerprint density at radius 3 is 2.31 bits per heavy atom. The van der Waals surface area contributed by atoms with E-state index in [-0.39, 0.29) is 24.2 Å². The van der Waals surface area contributed by atoms with Crippen LogP contribution in [0.15, 0.2) is 36.4 Å². The van der Waals surface area contributed by atoms with Gasteiger partial charge in [0.15, 0.2) is 0 Å². The lowest BCUT2D eigenvalue weighted by atomic mass is 10.0. The van der Waals surface area contributed by atoms with Crippen LogP contribution in [0, 0.1) is 26.7 Å². The third-order valence-corrected chi connectivity index (χ3v) is 5.08. The summed E-state index contributed by atoms with van der Waals surface area (Å²) >= 11 is 0. The summed E-state index contributed by atoms with van der Waals surface area (Å²) < 4.78 is 0. The Kier molecular flexibility index (Phi) is 5.12. The minimum Gasteiger partial charge on any atom is -0.325 e. The first-order valence-electron chi connectivity index (χ1n) is 9.17. The van der Waals surface area contributed by atoms with Crippen LogP contribution >= 0.6 is 0 Å². The van der Waals surface area contributed by atoms with E-state index in [9.17, 15) is 9.59 Å². The molecule has 1 N–H and O–H groups in total. The Morgan fingerprint density at radius 2 is 1.73 bits per heavy atom. The monoisotopic (exact) mass is 350 g/mol. The van der Waals surface area contributed by atoms with Crippen LogP contribution < -0.4 is 10.2 Å². The number of benzene rings is 2. The zero-order valence-electron chi connectivity index (χ0n) is 15.9. The second-order valence-corrected chi connectivity index (χ2v) is 7.19. The molecule has 3 rings (SSSR count). The molecule has 1 heterocycles. The van der Waals surface area contributed by atoms with Crippen molar-refractivity contribution in [2.45, 2.75) is 40.5 Å². The third kappa shape index (κ3) is 3.64. The van der Waals surface area contributed by atoms with Gasteiger partial charge in [-0.3, -0.25) is 9.59 Å². The number of carbonyl (C=O) groups excluding carboxylic acids is 2. The van der Waals surface area contributed by atoms with E-state index in [1.165, 1.54) is 11.1 Å². The van der Waals surface area contributed by atoms with Crippen LogP contribution in [0.3, 0.4) is 0 Å². The van der Waals surface area contributed by atoms with Crippen molar-refractivity contribution in [1.82, 2.24) is 0 Å². The molecule has 2 aromatic carbocycles. The fraction of sp³-hybridized carbons (Fsp3) is 0.364. The summed E-state index contributed by atoms with van der Waals surface area (Å²) in [6, 6.07) is 12.1. The van der Waals surface area contributed by atoms with Gasteiger partial charge in [0.05, 0.1) is 5.92 Å². The molecule has 1 aliphatic rings. The van der Waals surface area contributed by atoms with Gasteiger partial charge in [-0.05, 0) is 56.0 Å². The Balaban J connectivity index is 1.73. The van der Waals surface area contributed by atoms with Crippen molar-refractivity contribution in [2.24, 2.45) is 5.92 Å². The van der Waals surface area contributed by atoms with Crippen LogP contribution in [0.5, 0.6) is 0 Å². The van der Waals surface area contributed by atoms with Crippen molar-refractivity contribution in [3.63, 3.8) is 0 Å². The summed E-state index contributed by atoms with van der Waals surface area (Å²) in [6.07, 6.45) is 1.22. The average Bonchev–Trinajstić information content (AvgIpc) is 3.00. The van der Waals surface area contributed by atoms with E-state index in [4.69, 9.17) is 0 Å². The fourth-order valence-corrected chi connectivity index (χ4v) is 3.65. The predicted octanol–water partition coefficient (Wildman–Crippen LogP) is 4.17. The molecule has 0 unspecified atom stereocenters. The van der Waals surface area contributed by atoms with E-state index in [0.29, 0.717) is 6.54 Å². The molecule has 136 valence electrons. The standard InChI is InChI=1S/C22H26N2O2/c1-5-17-6-8-19(9-7-17)24-13-18(12-20(24)25)22(26)23-21-15(3)10-14(2)11-16(21)4/h6-11,18H,5,12-13H2,1-4H3,(H,23,26)/t18-/m0/s1. The summed E-state index contributed by atoms with van der Waals surface area (Å²) in [6.45, 7) is 8.57. The van der Waals surface area contributed by atoms with Gasteiger partial charge in [-0.15, -0.1) is 0 Å². The molecule has 2 amide bonds. The third-order valence-electron chi connectivity index (χ3n) is 5.08. The molecule has 4 heteroatoms. The largest absolute Gasteiger partial charge is 0.325 e. The number of carbonyl (C=O) groups is 2. The van der Waals surface area contributed by atoms with Crippen molar-refractivity contribution in [2.75, 3.05) is 16.8 Å². The number of rotatable bonds is 4. The van der Waals surface area contributed by atoms with Gasteiger partial charge in [0.2, 0.25) is 11.8 Å². The molecule has 0 bridgehead atoms. The predicted molar refractivity (Wildman–Crippen MR) is 106 cm³/mol. The molecule has 0 aromatic heterocycles. The van der Waals surface area contributed by atoms with Crippen molar-refractivity contribution in [3.8, 4) is 0 Å². The second kappa shape index (κ2) is 7.32. The molecule has 0 radical (unpaired) electrons. The highest BCUT2D eigenvalue weighted by molar-refractivity contribution is 6.04. The highest BCUT2D eigenvalue weighted by Crippen LogP contribution is 2.28. The number of amides is 2. The molecule has 2 aromatic rings. The van der Waals surface area contributed by atoms with Gasteiger partial charge in [0.25, 0.3) is 0 Å². The maximum Gasteiger partial charge on any atom is 0.229 e. The lowest BCUT2D eigenvalue weighted by molar-refractivity contribution is -0.122. The lowest BCUT2D eigenvalue weighted by Gasteiger charge is -2.18. The normalized spacial score (nSPS) is 16.8. The summed E-state index contributed by atoms with van der Waals surface area (Å²) in [7, 11) is 0. The maximum atomic E-state index is 12.7. The van der Waals surface area contributed by atoms with Crippen LogP contribution in [-0.4, -0.2) is 18.4 Å². The van der Waals surface area contributed by atoms with E-state index in [0.717, 1.165) is 28.9 Å². The van der Waals surface area contributed by atoms with E-state index < -0.39 is 0 Å². The first-order valence-corrected chi connectivity index (χ1v) is 9.17. The van der Waals surface area contributed by atoms with Crippen LogP contribution in [0.1, 0.15) is 35.6 Å². The van der Waals surface area contributed by atoms with E-state index in [1.807, 2.05) is 45.0 Å². The van der Waals surface area contributed by atoms with Crippen molar-refractivity contribution >= 4 is 23.2 Å². The van der Waals surface area contributed by atoms with Gasteiger partial charge >= 0.3 is 0 Å². The first-order chi connectivity index (χ1) is 12.4. The van der Waals surface area contributed by atoms with Crippen molar-refractivity contribution in [3.05, 3.63) is 58.7 Å². The molecule has 1 atom stereocenters. The molecule has 0 aliphatic carbocycles. The number of hydrogen-bond acceptors (Lipinski definition) is 2. The zero-order chi connectivity index (χ0) is 18.8. The van der Waals surface area contributed by atoms with E-state index in [1.54, 1.807) is 4.90 Å². The molecule has 1 fully saturated rings. The highest BCUT2D eigenvalue weighted by Gasteiger charge is 2.35. The smallest absolute Gasteiger partial charge is 0.229 e. The summed E-state index contributed by atoms with van der Waals surface area (Å²) in [5.74, 6) is -0.402. The van der Waals surface area contributed by atoms with Crippen LogP contribution in [0.4, 0.5) is 11.4 Å². The van der Waals surface area contributed by atoms with Gasteiger partial charge in [0, 0.05) is 24.3 Å². The van der Waals surface area contributed by atoms with Gasteiger partial charge < -0.3 is 10.2 Å². The number of nitrogens with one attached hydrogen (secondary N) is 1. The topological polar surface area (TPSA) is 49.4 Å². The quantitative estimate of drug-likeness (QED) is 0.900. The first kappa shape index (κ1) is 18.2. The van der Waals surface area contributed by atoms with Gasteiger partial charge in [0.1, 0.15) is 0 Å². The SMILES string of the molecule is CCc1ccc(N2C[C@@H](C(=O)Nc3c(C)cc(C)cc3C)CC2=O)cc1. The zero-order valence-corrected chi connectivity index (χ0v) is 15.9. The van der Waals surface area contributed by atoms with Gasteiger partial charge in [-0.1, -0.05) is 36.8 Å². The molecule has 0 spiro atoms. The van der Waals surface area contributed by atoms with Gasteiger partial charge in [-0.25, -0.2) is 0 Å². The Hall–Kier alpha value is -2.62. The summed E-state index contributed by atoms with van der Waals surface area (Å²) in [5.41, 5.74) is 6.24. The fourth-order valence-electron chi connectivity index (χ4n) is 3.65. The summed E-state index contributed by atoms with van der Waals surface area (Å²) in [4.78, 5) is 26.9. The van der Waals surface area contributed by atoms with Gasteiger partial charge in [-0.2, -0.15) is 0 Å². The van der Waals surface area contributed by atoms with Crippen molar-refractivity contribution < 1.29 is 9.59 Å². The molecule has 26 heavy (non-hydrogen) atoms. The minimum absolute atomic E-state index is 0.00625. The van der Waals surface area contributed by atoms with Crippen LogP contribution in [0.25, 0.3) is 0 Å². The Labute approximate surface area is 155 Å². The maximum absolute atomic E-state index is 12.7. The second-order valence-electron chi connectivity index (χ2n) is 7.19. The number of hydrogen-bond donors (Lipinski definition) is 1. The molecule has 4 nitrogen and oxygen atoms in total. The number of anilines is 2. The summed E-state index contributed by atoms with van der Waals surface area (Å²) in [5, 5.41) is 3.04. The lowest BCUT2D eigenvalue weighted by Crippen LogP contribution is -2.28. The highest BCUT2D eigenvalue weighted by atomic mass is 16.2. The van der Waals surface area contributed by atoms with Crippen LogP contribution in [-0.2, 0) is 16.0 Å². The Bertz CT molecular complexity index is 817. The minimum atomic E-state index is -0.326. The van der Waals surface area contributed by atoms with E-state index in [2.05, 4.69) is 24.4 Å². The molecular weight excluding hydrogens is 324 g/mol. The number of aryl methyl sites for hydroxylation is 4. The van der Waals surface area contributed by atoms with E-state index >= 15 is 0 Å². The molecule has 1 saturated heterocycles. The average molecular weight is 350 g/mol.